The lowest BCUT2D eigenvalue weighted by Gasteiger charge is -2.08. The summed E-state index contributed by atoms with van der Waals surface area (Å²) in [7, 11) is 0. The summed E-state index contributed by atoms with van der Waals surface area (Å²) in [4.78, 5) is 0. The number of hydrogen-bond acceptors (Lipinski definition) is 0. The van der Waals surface area contributed by atoms with E-state index in [4.69, 9.17) is 0 Å². The summed E-state index contributed by atoms with van der Waals surface area (Å²) < 4.78 is 0. The van der Waals surface area contributed by atoms with Crippen LogP contribution in [-0.2, 0) is 0 Å². The molecule has 0 aliphatic rings. The molecule has 0 heteroatoms. The molecule has 0 heterocycles. The number of rotatable bonds is 18. The van der Waals surface area contributed by atoms with Crippen molar-refractivity contribution in [2.45, 2.75) is 130 Å². The lowest BCUT2D eigenvalue weighted by Crippen LogP contribution is -1.93. The van der Waals surface area contributed by atoms with Gasteiger partial charge in [-0.15, -0.1) is 0 Å². The average Bonchev–Trinajstić information content (AvgIpc) is 2.54. The Kier molecular flexibility index (Phi) is 19.6. The molecule has 0 N–H and O–H groups in total. The Hall–Kier alpha value is -0.260. The van der Waals surface area contributed by atoms with Gasteiger partial charge in [0.1, 0.15) is 0 Å². The first kappa shape index (κ1) is 22.7. The minimum atomic E-state index is 0.955. The maximum Gasteiger partial charge on any atom is -0.0351 e. The van der Waals surface area contributed by atoms with E-state index in [0.717, 1.165) is 5.92 Å². The van der Waals surface area contributed by atoms with Crippen LogP contribution in [0.4, 0.5) is 0 Å². The normalized spacial score (nSPS) is 13.0. The maximum absolute atomic E-state index is 2.43. The highest BCUT2D eigenvalue weighted by Crippen LogP contribution is 2.16. The van der Waals surface area contributed by atoms with Crippen LogP contribution < -0.4 is 0 Å². The Morgan fingerprint density at radius 1 is 0.522 bits per heavy atom. The van der Waals surface area contributed by atoms with E-state index in [2.05, 4.69) is 32.9 Å². The van der Waals surface area contributed by atoms with Gasteiger partial charge in [-0.3, -0.25) is 0 Å². The smallest absolute Gasteiger partial charge is 0.0351 e. The molecule has 0 aromatic rings. The fraction of sp³-hybridized carbons (Fsp3) is 0.913. The number of hydrogen-bond donors (Lipinski definition) is 0. The van der Waals surface area contributed by atoms with Crippen molar-refractivity contribution < 1.29 is 0 Å². The maximum atomic E-state index is 2.43. The van der Waals surface area contributed by atoms with Crippen molar-refractivity contribution in [3.8, 4) is 0 Å². The zero-order chi connectivity index (χ0) is 17.0. The first-order chi connectivity index (χ1) is 11.3. The molecule has 1 unspecified atom stereocenters. The lowest BCUT2D eigenvalue weighted by atomic mass is 9.98. The fourth-order valence-electron chi connectivity index (χ4n) is 3.38. The largest absolute Gasteiger partial charge is 0.0885 e. The average molecular weight is 323 g/mol. The van der Waals surface area contributed by atoms with Crippen LogP contribution in [0.15, 0.2) is 12.2 Å². The van der Waals surface area contributed by atoms with Gasteiger partial charge in [-0.25, -0.2) is 0 Å². The summed E-state index contributed by atoms with van der Waals surface area (Å²) in [6, 6.07) is 0. The van der Waals surface area contributed by atoms with E-state index in [1.54, 1.807) is 0 Å². The molecule has 0 nitrogen and oxygen atoms in total. The highest BCUT2D eigenvalue weighted by molar-refractivity contribution is 4.81. The molecular formula is C23H46. The SMILES string of the molecule is CCCCCCCCC=CCCCCCCCCC(C)CCC. The third kappa shape index (κ3) is 19.7. The predicted octanol–water partition coefficient (Wildman–Crippen LogP) is 8.85. The molecule has 0 amide bonds. The third-order valence-corrected chi connectivity index (χ3v) is 4.99. The molecule has 138 valence electrons. The zero-order valence-electron chi connectivity index (χ0n) is 16.8. The van der Waals surface area contributed by atoms with Crippen molar-refractivity contribution in [3.63, 3.8) is 0 Å². The van der Waals surface area contributed by atoms with Gasteiger partial charge in [0.25, 0.3) is 0 Å². The molecule has 0 saturated heterocycles. The van der Waals surface area contributed by atoms with Crippen LogP contribution in [0.2, 0.25) is 0 Å². The molecule has 0 aliphatic carbocycles. The molecule has 0 bridgehead atoms. The van der Waals surface area contributed by atoms with Crippen LogP contribution in [0.25, 0.3) is 0 Å². The zero-order valence-corrected chi connectivity index (χ0v) is 16.8. The Bertz CT molecular complexity index is 228. The number of unbranched alkanes of at least 4 members (excludes halogenated alkanes) is 12. The minimum absolute atomic E-state index is 0.955. The molecule has 0 aromatic carbocycles. The molecule has 0 rings (SSSR count). The molecule has 0 aliphatic heterocycles. The van der Waals surface area contributed by atoms with Crippen molar-refractivity contribution in [1.82, 2.24) is 0 Å². The van der Waals surface area contributed by atoms with E-state index in [0.29, 0.717) is 0 Å². The monoisotopic (exact) mass is 322 g/mol. The summed E-state index contributed by atoms with van der Waals surface area (Å²) in [5.74, 6) is 0.955. The van der Waals surface area contributed by atoms with Gasteiger partial charge in [-0.2, -0.15) is 0 Å². The molecule has 0 radical (unpaired) electrons. The summed E-state index contributed by atoms with van der Waals surface area (Å²) in [6.07, 6.45) is 28.9. The lowest BCUT2D eigenvalue weighted by molar-refractivity contribution is 0.451. The van der Waals surface area contributed by atoms with Gasteiger partial charge >= 0.3 is 0 Å². The van der Waals surface area contributed by atoms with Gasteiger partial charge in [0.05, 0.1) is 0 Å². The number of allylic oxidation sites excluding steroid dienone is 2. The molecular weight excluding hydrogens is 276 g/mol. The van der Waals surface area contributed by atoms with E-state index in [9.17, 15) is 0 Å². The standard InChI is InChI=1S/C23H46/c1-4-6-7-8-9-10-11-12-13-14-15-16-17-18-19-20-22-23(3)21-5-2/h12-13,23H,4-11,14-22H2,1-3H3. The van der Waals surface area contributed by atoms with Gasteiger partial charge in [-0.1, -0.05) is 116 Å². The molecule has 0 fully saturated rings. The fourth-order valence-corrected chi connectivity index (χ4v) is 3.38. The summed E-state index contributed by atoms with van der Waals surface area (Å²) in [5.41, 5.74) is 0. The van der Waals surface area contributed by atoms with Crippen LogP contribution in [0.1, 0.15) is 130 Å². The van der Waals surface area contributed by atoms with E-state index in [1.807, 2.05) is 0 Å². The second-order valence-electron chi connectivity index (χ2n) is 7.62. The summed E-state index contributed by atoms with van der Waals surface area (Å²) in [5, 5.41) is 0. The second-order valence-corrected chi connectivity index (χ2v) is 7.62. The Morgan fingerprint density at radius 2 is 1.00 bits per heavy atom. The molecule has 0 spiro atoms. The highest BCUT2D eigenvalue weighted by atomic mass is 14.1. The van der Waals surface area contributed by atoms with E-state index < -0.39 is 0 Å². The van der Waals surface area contributed by atoms with Crippen LogP contribution >= 0.6 is 0 Å². The van der Waals surface area contributed by atoms with Crippen LogP contribution in [0.3, 0.4) is 0 Å². The van der Waals surface area contributed by atoms with E-state index in [1.165, 1.54) is 109 Å². The van der Waals surface area contributed by atoms with E-state index >= 15 is 0 Å². The molecule has 0 aromatic heterocycles. The van der Waals surface area contributed by atoms with Crippen molar-refractivity contribution >= 4 is 0 Å². The van der Waals surface area contributed by atoms with Gasteiger partial charge in [-0.05, 0) is 31.6 Å². The quantitative estimate of drug-likeness (QED) is 0.174. The van der Waals surface area contributed by atoms with Crippen LogP contribution in [-0.4, -0.2) is 0 Å². The Morgan fingerprint density at radius 3 is 1.52 bits per heavy atom. The molecule has 1 atom stereocenters. The summed E-state index contributed by atoms with van der Waals surface area (Å²) in [6.45, 7) is 7.01. The topological polar surface area (TPSA) is 0 Å². The van der Waals surface area contributed by atoms with Gasteiger partial charge in [0, 0.05) is 0 Å². The van der Waals surface area contributed by atoms with Crippen molar-refractivity contribution in [2.75, 3.05) is 0 Å². The predicted molar refractivity (Wildman–Crippen MR) is 108 cm³/mol. The van der Waals surface area contributed by atoms with Crippen molar-refractivity contribution in [2.24, 2.45) is 5.92 Å². The summed E-state index contributed by atoms with van der Waals surface area (Å²) >= 11 is 0. The highest BCUT2D eigenvalue weighted by Gasteiger charge is 1.99. The third-order valence-electron chi connectivity index (χ3n) is 4.99. The van der Waals surface area contributed by atoms with Gasteiger partial charge in [0.15, 0.2) is 0 Å². The Labute approximate surface area is 148 Å². The van der Waals surface area contributed by atoms with Gasteiger partial charge < -0.3 is 0 Å². The van der Waals surface area contributed by atoms with Gasteiger partial charge in [0.2, 0.25) is 0 Å². The van der Waals surface area contributed by atoms with Crippen LogP contribution in [0, 0.1) is 5.92 Å². The van der Waals surface area contributed by atoms with E-state index in [-0.39, 0.29) is 0 Å². The van der Waals surface area contributed by atoms with Crippen molar-refractivity contribution in [1.29, 1.82) is 0 Å². The first-order valence-corrected chi connectivity index (χ1v) is 11.0. The second kappa shape index (κ2) is 19.8. The first-order valence-electron chi connectivity index (χ1n) is 11.0. The minimum Gasteiger partial charge on any atom is -0.0885 e. The molecule has 23 heavy (non-hydrogen) atoms. The molecule has 0 saturated carbocycles. The van der Waals surface area contributed by atoms with Crippen LogP contribution in [0.5, 0.6) is 0 Å². The van der Waals surface area contributed by atoms with Crippen molar-refractivity contribution in [3.05, 3.63) is 12.2 Å². The Balaban J connectivity index is 3.10.